The standard InChI is InChI=1S/C14H17FO/c1-2-3-8-16-14-7-5-11-9-13(15)6-4-12(11)10-14/h4,6,9-10H,2-3,5,7-8H2,1H3. The van der Waals surface area contributed by atoms with Crippen molar-refractivity contribution >= 4 is 6.08 Å². The summed E-state index contributed by atoms with van der Waals surface area (Å²) in [6.07, 6.45) is 6.04. The van der Waals surface area contributed by atoms with Crippen molar-refractivity contribution in [1.29, 1.82) is 0 Å². The zero-order valence-corrected chi connectivity index (χ0v) is 9.63. The van der Waals surface area contributed by atoms with Crippen LogP contribution in [0, 0.1) is 5.82 Å². The van der Waals surface area contributed by atoms with Crippen LogP contribution in [-0.4, -0.2) is 6.61 Å². The van der Waals surface area contributed by atoms with Gasteiger partial charge in [0, 0.05) is 6.42 Å². The molecule has 16 heavy (non-hydrogen) atoms. The molecule has 2 heteroatoms. The molecule has 1 aromatic rings. The average molecular weight is 220 g/mol. The Morgan fingerprint density at radius 2 is 2.19 bits per heavy atom. The van der Waals surface area contributed by atoms with E-state index in [-0.39, 0.29) is 5.82 Å². The smallest absolute Gasteiger partial charge is 0.123 e. The number of hydrogen-bond donors (Lipinski definition) is 0. The molecule has 1 nitrogen and oxygen atoms in total. The van der Waals surface area contributed by atoms with Crippen LogP contribution in [-0.2, 0) is 11.2 Å². The van der Waals surface area contributed by atoms with Gasteiger partial charge in [-0.15, -0.1) is 0 Å². The minimum Gasteiger partial charge on any atom is -0.498 e. The first-order chi connectivity index (χ1) is 7.79. The summed E-state index contributed by atoms with van der Waals surface area (Å²) in [5.74, 6) is 0.884. The Morgan fingerprint density at radius 1 is 1.31 bits per heavy atom. The second-order valence-corrected chi connectivity index (χ2v) is 4.16. The van der Waals surface area contributed by atoms with Crippen molar-refractivity contribution in [3.8, 4) is 0 Å². The normalized spacial score (nSPS) is 14.2. The molecule has 0 N–H and O–H groups in total. The lowest BCUT2D eigenvalue weighted by atomic mass is 9.96. The van der Waals surface area contributed by atoms with Crippen molar-refractivity contribution < 1.29 is 9.13 Å². The maximum atomic E-state index is 13.0. The van der Waals surface area contributed by atoms with E-state index in [1.807, 2.05) is 12.1 Å². The van der Waals surface area contributed by atoms with Gasteiger partial charge in [-0.05, 0) is 42.2 Å². The Kier molecular flexibility index (Phi) is 3.60. The lowest BCUT2D eigenvalue weighted by molar-refractivity contribution is 0.200. The van der Waals surface area contributed by atoms with Crippen molar-refractivity contribution in [2.75, 3.05) is 6.61 Å². The second-order valence-electron chi connectivity index (χ2n) is 4.16. The van der Waals surface area contributed by atoms with Gasteiger partial charge in [0.25, 0.3) is 0 Å². The van der Waals surface area contributed by atoms with Crippen molar-refractivity contribution in [3.63, 3.8) is 0 Å². The van der Waals surface area contributed by atoms with Crippen LogP contribution in [0.5, 0.6) is 0 Å². The SMILES string of the molecule is CCCCOC1=Cc2ccc(F)cc2CC1. The molecule has 0 amide bonds. The van der Waals surface area contributed by atoms with E-state index in [0.717, 1.165) is 49.2 Å². The fraction of sp³-hybridized carbons (Fsp3) is 0.429. The number of halogens is 1. The van der Waals surface area contributed by atoms with Gasteiger partial charge in [-0.25, -0.2) is 4.39 Å². The van der Waals surface area contributed by atoms with Crippen LogP contribution < -0.4 is 0 Å². The molecule has 0 atom stereocenters. The van der Waals surface area contributed by atoms with E-state index in [1.54, 1.807) is 6.07 Å². The molecule has 0 radical (unpaired) electrons. The van der Waals surface area contributed by atoms with Crippen LogP contribution in [0.1, 0.15) is 37.3 Å². The van der Waals surface area contributed by atoms with Gasteiger partial charge >= 0.3 is 0 Å². The number of hydrogen-bond acceptors (Lipinski definition) is 1. The highest BCUT2D eigenvalue weighted by Crippen LogP contribution is 2.25. The summed E-state index contributed by atoms with van der Waals surface area (Å²) in [5, 5.41) is 0. The van der Waals surface area contributed by atoms with Crippen LogP contribution in [0.4, 0.5) is 4.39 Å². The first-order valence-corrected chi connectivity index (χ1v) is 5.91. The largest absolute Gasteiger partial charge is 0.498 e. The third kappa shape index (κ3) is 2.63. The van der Waals surface area contributed by atoms with Gasteiger partial charge < -0.3 is 4.74 Å². The highest BCUT2D eigenvalue weighted by atomic mass is 19.1. The fourth-order valence-corrected chi connectivity index (χ4v) is 1.90. The number of benzene rings is 1. The fourth-order valence-electron chi connectivity index (χ4n) is 1.90. The maximum absolute atomic E-state index is 13.0. The molecule has 0 unspecified atom stereocenters. The summed E-state index contributed by atoms with van der Waals surface area (Å²) in [6, 6.07) is 4.95. The number of ether oxygens (including phenoxy) is 1. The zero-order valence-electron chi connectivity index (χ0n) is 9.63. The van der Waals surface area contributed by atoms with E-state index >= 15 is 0 Å². The predicted molar refractivity (Wildman–Crippen MR) is 63.6 cm³/mol. The summed E-state index contributed by atoms with van der Waals surface area (Å²) in [4.78, 5) is 0. The lowest BCUT2D eigenvalue weighted by Gasteiger charge is -2.17. The molecule has 0 saturated heterocycles. The molecular weight excluding hydrogens is 203 g/mol. The minimum absolute atomic E-state index is 0.150. The molecule has 0 aliphatic heterocycles. The van der Waals surface area contributed by atoms with Gasteiger partial charge in [0.05, 0.1) is 12.4 Å². The molecule has 0 aromatic heterocycles. The topological polar surface area (TPSA) is 9.23 Å². The summed E-state index contributed by atoms with van der Waals surface area (Å²) >= 11 is 0. The van der Waals surface area contributed by atoms with Crippen LogP contribution in [0.3, 0.4) is 0 Å². The number of unbranched alkanes of at least 4 members (excludes halogenated alkanes) is 1. The second kappa shape index (κ2) is 5.15. The predicted octanol–water partition coefficient (Wildman–Crippen LogP) is 3.93. The van der Waals surface area contributed by atoms with Gasteiger partial charge in [-0.3, -0.25) is 0 Å². The van der Waals surface area contributed by atoms with Crippen molar-refractivity contribution in [2.45, 2.75) is 32.6 Å². The van der Waals surface area contributed by atoms with E-state index in [9.17, 15) is 4.39 Å². The quantitative estimate of drug-likeness (QED) is 0.698. The Hall–Kier alpha value is -1.31. The van der Waals surface area contributed by atoms with Gasteiger partial charge in [-0.1, -0.05) is 19.4 Å². The molecule has 1 aliphatic rings. The Balaban J connectivity index is 2.06. The first kappa shape index (κ1) is 11.2. The van der Waals surface area contributed by atoms with Crippen molar-refractivity contribution in [2.24, 2.45) is 0 Å². The van der Waals surface area contributed by atoms with Gasteiger partial charge in [0.2, 0.25) is 0 Å². The molecule has 0 fully saturated rings. The lowest BCUT2D eigenvalue weighted by Crippen LogP contribution is -2.03. The molecule has 0 spiro atoms. The van der Waals surface area contributed by atoms with Crippen LogP contribution >= 0.6 is 0 Å². The zero-order chi connectivity index (χ0) is 11.4. The van der Waals surface area contributed by atoms with Crippen LogP contribution in [0.15, 0.2) is 24.0 Å². The molecule has 0 heterocycles. The van der Waals surface area contributed by atoms with Gasteiger partial charge in [0.1, 0.15) is 5.82 Å². The number of allylic oxidation sites excluding steroid dienone is 1. The third-order valence-corrected chi connectivity index (χ3v) is 2.85. The van der Waals surface area contributed by atoms with E-state index in [2.05, 4.69) is 6.92 Å². The summed E-state index contributed by atoms with van der Waals surface area (Å²) in [5.41, 5.74) is 2.18. The summed E-state index contributed by atoms with van der Waals surface area (Å²) < 4.78 is 18.7. The number of fused-ring (bicyclic) bond motifs is 1. The van der Waals surface area contributed by atoms with Crippen LogP contribution in [0.2, 0.25) is 0 Å². The third-order valence-electron chi connectivity index (χ3n) is 2.85. The number of rotatable bonds is 4. The first-order valence-electron chi connectivity index (χ1n) is 5.91. The molecule has 0 saturated carbocycles. The number of aryl methyl sites for hydroxylation is 1. The van der Waals surface area contributed by atoms with Crippen LogP contribution in [0.25, 0.3) is 6.08 Å². The molecule has 1 aliphatic carbocycles. The van der Waals surface area contributed by atoms with E-state index < -0.39 is 0 Å². The maximum Gasteiger partial charge on any atom is 0.123 e. The van der Waals surface area contributed by atoms with Gasteiger partial charge in [0.15, 0.2) is 0 Å². The Bertz CT molecular complexity index is 396. The van der Waals surface area contributed by atoms with Crippen molar-refractivity contribution in [1.82, 2.24) is 0 Å². The van der Waals surface area contributed by atoms with E-state index in [4.69, 9.17) is 4.74 Å². The molecule has 2 rings (SSSR count). The highest BCUT2D eigenvalue weighted by molar-refractivity contribution is 5.58. The highest BCUT2D eigenvalue weighted by Gasteiger charge is 2.11. The monoisotopic (exact) mass is 220 g/mol. The van der Waals surface area contributed by atoms with E-state index in [0.29, 0.717) is 0 Å². The van der Waals surface area contributed by atoms with E-state index in [1.165, 1.54) is 6.07 Å². The summed E-state index contributed by atoms with van der Waals surface area (Å²) in [6.45, 7) is 2.94. The molecule has 1 aromatic carbocycles. The molecule has 86 valence electrons. The Labute approximate surface area is 95.9 Å². The van der Waals surface area contributed by atoms with Crippen molar-refractivity contribution in [3.05, 3.63) is 40.9 Å². The minimum atomic E-state index is -0.150. The van der Waals surface area contributed by atoms with Gasteiger partial charge in [-0.2, -0.15) is 0 Å². The molecule has 0 bridgehead atoms. The average Bonchev–Trinajstić information content (AvgIpc) is 2.29. The summed E-state index contributed by atoms with van der Waals surface area (Å²) in [7, 11) is 0. The Morgan fingerprint density at radius 3 is 3.00 bits per heavy atom. The molecular formula is C14H17FO.